The number of carbonyl (C=O) groups is 2. The summed E-state index contributed by atoms with van der Waals surface area (Å²) in [7, 11) is 0. The molecule has 11 heteroatoms. The molecule has 1 saturated heterocycles. The number of nitrogens with zero attached hydrogens (tertiary/aromatic N) is 7. The van der Waals surface area contributed by atoms with Crippen molar-refractivity contribution in [3.8, 4) is 11.4 Å². The number of hydrogen-bond donors (Lipinski definition) is 1. The van der Waals surface area contributed by atoms with Crippen LogP contribution in [0.4, 0.5) is 10.2 Å². The van der Waals surface area contributed by atoms with Crippen molar-refractivity contribution in [2.75, 3.05) is 24.5 Å². The Bertz CT molecular complexity index is 1670. The van der Waals surface area contributed by atoms with Gasteiger partial charge in [-0.15, -0.1) is 0 Å². The molecule has 1 aromatic carbocycles. The molecule has 5 heterocycles. The predicted octanol–water partition coefficient (Wildman–Crippen LogP) is 3.87. The van der Waals surface area contributed by atoms with E-state index in [0.29, 0.717) is 36.7 Å². The van der Waals surface area contributed by atoms with Crippen LogP contribution in [-0.4, -0.2) is 66.1 Å². The number of hydrogen-bond acceptors (Lipinski definition) is 7. The molecule has 4 aromatic rings. The van der Waals surface area contributed by atoms with E-state index in [0.717, 1.165) is 30.5 Å². The maximum Gasteiger partial charge on any atom is 0.308 e. The zero-order chi connectivity index (χ0) is 27.5. The number of carbonyl (C=O) groups excluding carboxylic acids is 1. The molecule has 3 aliphatic rings. The molecule has 1 saturated carbocycles. The number of halogens is 1. The molecule has 1 aliphatic carbocycles. The van der Waals surface area contributed by atoms with Crippen LogP contribution in [-0.2, 0) is 11.2 Å². The van der Waals surface area contributed by atoms with E-state index in [1.54, 1.807) is 15.5 Å². The largest absolute Gasteiger partial charge is 0.481 e. The number of fused-ring (bicyclic) bond motifs is 2. The van der Waals surface area contributed by atoms with Crippen molar-refractivity contribution in [2.45, 2.75) is 44.6 Å². The van der Waals surface area contributed by atoms with Crippen LogP contribution >= 0.6 is 0 Å². The summed E-state index contributed by atoms with van der Waals surface area (Å²) in [5, 5.41) is 13.9. The van der Waals surface area contributed by atoms with Gasteiger partial charge in [0, 0.05) is 37.3 Å². The van der Waals surface area contributed by atoms with Crippen molar-refractivity contribution in [1.82, 2.24) is 29.5 Å². The predicted molar refractivity (Wildman–Crippen MR) is 143 cm³/mol. The molecule has 1 amide bonds. The van der Waals surface area contributed by atoms with Gasteiger partial charge in [0.25, 0.3) is 5.91 Å². The highest BCUT2D eigenvalue weighted by Gasteiger charge is 2.33. The second kappa shape index (κ2) is 9.35. The Labute approximate surface area is 229 Å². The summed E-state index contributed by atoms with van der Waals surface area (Å²) in [5.74, 6) is -1.72. The zero-order valence-corrected chi connectivity index (χ0v) is 22.0. The van der Waals surface area contributed by atoms with E-state index >= 15 is 4.39 Å². The first-order valence-electron chi connectivity index (χ1n) is 13.7. The number of carboxylic acid groups (broad SMARTS) is 1. The van der Waals surface area contributed by atoms with Crippen LogP contribution in [0.25, 0.3) is 17.0 Å². The number of rotatable bonds is 5. The highest BCUT2D eigenvalue weighted by atomic mass is 19.1. The summed E-state index contributed by atoms with van der Waals surface area (Å²) in [6.45, 7) is 3.40. The Morgan fingerprint density at radius 1 is 1.07 bits per heavy atom. The van der Waals surface area contributed by atoms with Gasteiger partial charge in [0.15, 0.2) is 5.65 Å². The summed E-state index contributed by atoms with van der Waals surface area (Å²) in [6.07, 6.45) is 4.71. The van der Waals surface area contributed by atoms with Crippen molar-refractivity contribution in [3.63, 3.8) is 0 Å². The molecule has 2 fully saturated rings. The molecule has 1 unspecified atom stereocenters. The summed E-state index contributed by atoms with van der Waals surface area (Å²) >= 11 is 0. The Kier molecular flexibility index (Phi) is 5.76. The first-order valence-corrected chi connectivity index (χ1v) is 13.7. The summed E-state index contributed by atoms with van der Waals surface area (Å²) in [4.78, 5) is 41.7. The standard InChI is InChI=1S/C29H28FN7O3/c1-16-20-5-3-2-4-17(20)9-11-36(16)28(38)22-12-23(18-6-7-18)37-24(32-22)13-21(34-37)26-27(30)33-25(14-31-26)35-10-8-19(15-35)29(39)40/h2-5,12-14,16,18-19H,6-11,15H2,1H3,(H,39,40)/t16-,19?/m1/s1. The van der Waals surface area contributed by atoms with Crippen molar-refractivity contribution in [3.05, 3.63) is 71.1 Å². The van der Waals surface area contributed by atoms with Crippen molar-refractivity contribution >= 4 is 23.3 Å². The summed E-state index contributed by atoms with van der Waals surface area (Å²) in [5.41, 5.74) is 4.38. The number of anilines is 1. The van der Waals surface area contributed by atoms with Crippen LogP contribution in [0, 0.1) is 11.9 Å². The van der Waals surface area contributed by atoms with Gasteiger partial charge in [0.2, 0.25) is 5.95 Å². The highest BCUT2D eigenvalue weighted by molar-refractivity contribution is 5.93. The minimum atomic E-state index is -0.867. The first kappa shape index (κ1) is 24.6. The maximum atomic E-state index is 15.2. The van der Waals surface area contributed by atoms with E-state index in [9.17, 15) is 14.7 Å². The lowest BCUT2D eigenvalue weighted by Gasteiger charge is -2.35. The fraction of sp³-hybridized carbons (Fsp3) is 0.379. The van der Waals surface area contributed by atoms with Gasteiger partial charge in [-0.3, -0.25) is 9.59 Å². The van der Waals surface area contributed by atoms with Crippen LogP contribution in [0.5, 0.6) is 0 Å². The fourth-order valence-electron chi connectivity index (χ4n) is 5.94. The third-order valence-corrected chi connectivity index (χ3v) is 8.35. The van der Waals surface area contributed by atoms with Gasteiger partial charge in [-0.1, -0.05) is 24.3 Å². The summed E-state index contributed by atoms with van der Waals surface area (Å²) < 4.78 is 16.9. The van der Waals surface area contributed by atoms with Crippen LogP contribution in [0.1, 0.15) is 65.5 Å². The minimum absolute atomic E-state index is 0.0147. The Morgan fingerprint density at radius 3 is 2.65 bits per heavy atom. The Morgan fingerprint density at radius 2 is 1.90 bits per heavy atom. The molecular weight excluding hydrogens is 513 g/mol. The molecule has 10 nitrogen and oxygen atoms in total. The van der Waals surface area contributed by atoms with E-state index in [1.807, 2.05) is 30.0 Å². The molecule has 0 radical (unpaired) electrons. The van der Waals surface area contributed by atoms with Gasteiger partial charge in [-0.05, 0) is 49.8 Å². The van der Waals surface area contributed by atoms with Crippen LogP contribution in [0.15, 0.2) is 42.6 Å². The molecule has 7 rings (SSSR count). The van der Waals surface area contributed by atoms with Gasteiger partial charge in [-0.25, -0.2) is 14.5 Å². The minimum Gasteiger partial charge on any atom is -0.481 e. The van der Waals surface area contributed by atoms with E-state index in [4.69, 9.17) is 0 Å². The average Bonchev–Trinajstić information content (AvgIpc) is 3.51. The van der Waals surface area contributed by atoms with Gasteiger partial charge < -0.3 is 14.9 Å². The van der Waals surface area contributed by atoms with Crippen LogP contribution in [0.2, 0.25) is 0 Å². The van der Waals surface area contributed by atoms with E-state index in [1.165, 1.54) is 11.8 Å². The third kappa shape index (κ3) is 4.16. The molecule has 0 bridgehead atoms. The van der Waals surface area contributed by atoms with Crippen LogP contribution in [0.3, 0.4) is 0 Å². The van der Waals surface area contributed by atoms with Crippen LogP contribution < -0.4 is 4.90 Å². The van der Waals surface area contributed by atoms with Crippen molar-refractivity contribution in [1.29, 1.82) is 0 Å². The lowest BCUT2D eigenvalue weighted by atomic mass is 9.93. The molecule has 0 spiro atoms. The number of benzene rings is 1. The molecule has 1 N–H and O–H groups in total. The third-order valence-electron chi connectivity index (χ3n) is 8.35. The lowest BCUT2D eigenvalue weighted by molar-refractivity contribution is -0.140. The van der Waals surface area contributed by atoms with E-state index in [2.05, 4.69) is 32.2 Å². The second-order valence-corrected chi connectivity index (χ2v) is 10.9. The second-order valence-electron chi connectivity index (χ2n) is 10.9. The molecule has 3 aromatic heterocycles. The quantitative estimate of drug-likeness (QED) is 0.405. The van der Waals surface area contributed by atoms with Crippen molar-refractivity contribution in [2.24, 2.45) is 5.92 Å². The number of aliphatic carboxylic acids is 1. The lowest BCUT2D eigenvalue weighted by Crippen LogP contribution is -2.39. The molecule has 40 heavy (non-hydrogen) atoms. The molecule has 2 aliphatic heterocycles. The van der Waals surface area contributed by atoms with Gasteiger partial charge in [0.1, 0.15) is 22.9 Å². The number of amides is 1. The smallest absolute Gasteiger partial charge is 0.308 e. The van der Waals surface area contributed by atoms with E-state index in [-0.39, 0.29) is 35.8 Å². The summed E-state index contributed by atoms with van der Waals surface area (Å²) in [6, 6.07) is 11.6. The molecule has 204 valence electrons. The highest BCUT2D eigenvalue weighted by Crippen LogP contribution is 2.41. The normalized spacial score (nSPS) is 20.6. The number of carboxylic acids is 1. The topological polar surface area (TPSA) is 117 Å². The Hall–Kier alpha value is -4.41. The van der Waals surface area contributed by atoms with Gasteiger partial charge in [-0.2, -0.15) is 14.5 Å². The molecule has 2 atom stereocenters. The van der Waals surface area contributed by atoms with E-state index < -0.39 is 17.8 Å². The average molecular weight is 542 g/mol. The van der Waals surface area contributed by atoms with Gasteiger partial charge in [0.05, 0.1) is 18.2 Å². The van der Waals surface area contributed by atoms with Crippen molar-refractivity contribution < 1.29 is 19.1 Å². The number of aromatic nitrogens is 5. The Balaban J connectivity index is 1.21. The molecular formula is C29H28FN7O3. The SMILES string of the molecule is C[C@@H]1c2ccccc2CCN1C(=O)c1cc(C2CC2)n2nc(-c3ncc(N4CCC(C(=O)O)C4)nc3F)cc2n1. The maximum absolute atomic E-state index is 15.2. The fourth-order valence-corrected chi connectivity index (χ4v) is 5.94. The van der Waals surface area contributed by atoms with Gasteiger partial charge >= 0.3 is 5.97 Å². The zero-order valence-electron chi connectivity index (χ0n) is 22.0. The monoisotopic (exact) mass is 541 g/mol. The first-order chi connectivity index (χ1) is 19.4.